The van der Waals surface area contributed by atoms with Crippen LogP contribution in [-0.2, 0) is 4.74 Å². The third kappa shape index (κ3) is 4.35. The minimum absolute atomic E-state index is 0.298. The van der Waals surface area contributed by atoms with Crippen molar-refractivity contribution < 1.29 is 4.74 Å². The monoisotopic (exact) mass is 264 g/mol. The van der Waals surface area contributed by atoms with Gasteiger partial charge in [0.25, 0.3) is 0 Å². The van der Waals surface area contributed by atoms with Crippen LogP contribution >= 0.6 is 0 Å². The van der Waals surface area contributed by atoms with Gasteiger partial charge in [-0.3, -0.25) is 4.98 Å². The number of hydrogen-bond acceptors (Lipinski definition) is 5. The van der Waals surface area contributed by atoms with Crippen LogP contribution < -0.4 is 10.6 Å². The van der Waals surface area contributed by atoms with Gasteiger partial charge in [-0.15, -0.1) is 0 Å². The Hall–Kier alpha value is -1.36. The lowest BCUT2D eigenvalue weighted by molar-refractivity contribution is 0.0300. The largest absolute Gasteiger partial charge is 0.381 e. The summed E-state index contributed by atoms with van der Waals surface area (Å²) in [7, 11) is 0. The van der Waals surface area contributed by atoms with Gasteiger partial charge in [-0.2, -0.15) is 0 Å². The van der Waals surface area contributed by atoms with Crippen LogP contribution in [0.4, 0.5) is 11.6 Å². The molecule has 0 aliphatic carbocycles. The fourth-order valence-corrected chi connectivity index (χ4v) is 2.13. The molecule has 0 amide bonds. The lowest BCUT2D eigenvalue weighted by Crippen LogP contribution is -2.33. The minimum atomic E-state index is 0.298. The number of anilines is 2. The topological polar surface area (TPSA) is 59.1 Å². The Morgan fingerprint density at radius 2 is 1.89 bits per heavy atom. The summed E-state index contributed by atoms with van der Waals surface area (Å²) >= 11 is 0. The molecule has 0 spiro atoms. The molecule has 1 aromatic heterocycles. The fourth-order valence-electron chi connectivity index (χ4n) is 2.13. The van der Waals surface area contributed by atoms with E-state index < -0.39 is 0 Å². The van der Waals surface area contributed by atoms with Crippen LogP contribution in [-0.4, -0.2) is 36.3 Å². The molecule has 1 aliphatic rings. The molecule has 0 aromatic carbocycles. The lowest BCUT2D eigenvalue weighted by atomic mass is 9.82. The standard InChI is InChI=1S/C14H24N4O/c1-3-6-16-12-9-15-10-13(18-12)17-11-14(2)4-7-19-8-5-14/h9-10H,3-8,11H2,1-2H3,(H2,16,17,18). The number of nitrogens with zero attached hydrogens (tertiary/aromatic N) is 2. The summed E-state index contributed by atoms with van der Waals surface area (Å²) < 4.78 is 5.41. The second-order valence-corrected chi connectivity index (χ2v) is 5.49. The molecule has 106 valence electrons. The molecule has 0 saturated carbocycles. The summed E-state index contributed by atoms with van der Waals surface area (Å²) in [6.07, 6.45) is 6.82. The Kier molecular flexibility index (Phi) is 4.96. The first-order valence-corrected chi connectivity index (χ1v) is 7.09. The maximum Gasteiger partial charge on any atom is 0.146 e. The number of ether oxygens (including phenoxy) is 1. The zero-order valence-corrected chi connectivity index (χ0v) is 11.9. The van der Waals surface area contributed by atoms with Crippen LogP contribution in [0.1, 0.15) is 33.1 Å². The molecule has 5 nitrogen and oxygen atoms in total. The van der Waals surface area contributed by atoms with E-state index in [2.05, 4.69) is 34.4 Å². The van der Waals surface area contributed by atoms with Crippen LogP contribution in [0.2, 0.25) is 0 Å². The number of nitrogens with one attached hydrogen (secondary N) is 2. The van der Waals surface area contributed by atoms with E-state index >= 15 is 0 Å². The molecule has 0 radical (unpaired) electrons. The van der Waals surface area contributed by atoms with Crippen molar-refractivity contribution in [3.05, 3.63) is 12.4 Å². The summed E-state index contributed by atoms with van der Waals surface area (Å²) in [4.78, 5) is 8.72. The Bertz CT molecular complexity index is 391. The van der Waals surface area contributed by atoms with Gasteiger partial charge in [-0.05, 0) is 24.7 Å². The number of aromatic nitrogens is 2. The highest BCUT2D eigenvalue weighted by Crippen LogP contribution is 2.29. The second kappa shape index (κ2) is 6.70. The van der Waals surface area contributed by atoms with Crippen molar-refractivity contribution in [3.63, 3.8) is 0 Å². The lowest BCUT2D eigenvalue weighted by Gasteiger charge is -2.33. The Morgan fingerprint density at radius 1 is 1.21 bits per heavy atom. The Balaban J connectivity index is 1.88. The van der Waals surface area contributed by atoms with E-state index in [0.717, 1.165) is 57.2 Å². The van der Waals surface area contributed by atoms with E-state index in [4.69, 9.17) is 4.74 Å². The van der Waals surface area contributed by atoms with Crippen molar-refractivity contribution in [2.45, 2.75) is 33.1 Å². The van der Waals surface area contributed by atoms with Crippen molar-refractivity contribution in [1.29, 1.82) is 0 Å². The SMILES string of the molecule is CCCNc1cncc(NCC2(C)CCOCC2)n1. The van der Waals surface area contributed by atoms with Crippen LogP contribution in [0.5, 0.6) is 0 Å². The van der Waals surface area contributed by atoms with Crippen LogP contribution in [0, 0.1) is 5.41 Å². The highest BCUT2D eigenvalue weighted by Gasteiger charge is 2.27. The molecule has 2 heterocycles. The van der Waals surface area contributed by atoms with Crippen LogP contribution in [0.25, 0.3) is 0 Å². The van der Waals surface area contributed by atoms with E-state index in [0.29, 0.717) is 5.41 Å². The Labute approximate surface area is 115 Å². The van der Waals surface area contributed by atoms with Gasteiger partial charge in [-0.25, -0.2) is 4.98 Å². The number of rotatable bonds is 6. The molecule has 2 rings (SSSR count). The van der Waals surface area contributed by atoms with Crippen molar-refractivity contribution in [2.24, 2.45) is 5.41 Å². The third-order valence-corrected chi connectivity index (χ3v) is 3.59. The first-order valence-electron chi connectivity index (χ1n) is 7.09. The maximum atomic E-state index is 5.41. The average Bonchev–Trinajstić information content (AvgIpc) is 2.44. The van der Waals surface area contributed by atoms with Gasteiger partial charge < -0.3 is 15.4 Å². The molecule has 19 heavy (non-hydrogen) atoms. The number of hydrogen-bond donors (Lipinski definition) is 2. The predicted molar refractivity (Wildman–Crippen MR) is 77.5 cm³/mol. The van der Waals surface area contributed by atoms with Crippen molar-refractivity contribution in [3.8, 4) is 0 Å². The molecule has 0 atom stereocenters. The first-order chi connectivity index (χ1) is 9.22. The minimum Gasteiger partial charge on any atom is -0.381 e. The normalized spacial score (nSPS) is 18.0. The zero-order valence-electron chi connectivity index (χ0n) is 11.9. The van der Waals surface area contributed by atoms with E-state index in [9.17, 15) is 0 Å². The molecule has 2 N–H and O–H groups in total. The fraction of sp³-hybridized carbons (Fsp3) is 0.714. The predicted octanol–water partition coefficient (Wildman–Crippen LogP) is 2.53. The highest BCUT2D eigenvalue weighted by atomic mass is 16.5. The summed E-state index contributed by atoms with van der Waals surface area (Å²) in [5, 5.41) is 6.65. The van der Waals surface area contributed by atoms with Crippen LogP contribution in [0.3, 0.4) is 0 Å². The third-order valence-electron chi connectivity index (χ3n) is 3.59. The summed E-state index contributed by atoms with van der Waals surface area (Å²) in [6, 6.07) is 0. The smallest absolute Gasteiger partial charge is 0.146 e. The molecule has 1 saturated heterocycles. The zero-order chi connectivity index (χ0) is 13.6. The maximum absolute atomic E-state index is 5.41. The molecule has 1 aromatic rings. The van der Waals surface area contributed by atoms with Gasteiger partial charge in [0.15, 0.2) is 0 Å². The summed E-state index contributed by atoms with van der Waals surface area (Å²) in [5.74, 6) is 1.68. The van der Waals surface area contributed by atoms with Gasteiger partial charge in [0, 0.05) is 26.3 Å². The average molecular weight is 264 g/mol. The van der Waals surface area contributed by atoms with Crippen LogP contribution in [0.15, 0.2) is 12.4 Å². The van der Waals surface area contributed by atoms with E-state index in [1.807, 2.05) is 0 Å². The van der Waals surface area contributed by atoms with Crippen molar-refractivity contribution in [1.82, 2.24) is 9.97 Å². The summed E-state index contributed by atoms with van der Waals surface area (Å²) in [6.45, 7) is 8.00. The molecule has 1 aliphatic heterocycles. The molecule has 5 heteroatoms. The molecule has 0 unspecified atom stereocenters. The molecular weight excluding hydrogens is 240 g/mol. The molecule has 1 fully saturated rings. The van der Waals surface area contributed by atoms with Crippen molar-refractivity contribution >= 4 is 11.6 Å². The Morgan fingerprint density at radius 3 is 2.58 bits per heavy atom. The van der Waals surface area contributed by atoms with E-state index in [1.165, 1.54) is 0 Å². The molecule has 0 bridgehead atoms. The highest BCUT2D eigenvalue weighted by molar-refractivity contribution is 5.41. The quantitative estimate of drug-likeness (QED) is 0.827. The van der Waals surface area contributed by atoms with Gasteiger partial charge >= 0.3 is 0 Å². The van der Waals surface area contributed by atoms with Gasteiger partial charge in [-0.1, -0.05) is 13.8 Å². The van der Waals surface area contributed by atoms with Gasteiger partial charge in [0.1, 0.15) is 11.6 Å². The van der Waals surface area contributed by atoms with E-state index in [-0.39, 0.29) is 0 Å². The summed E-state index contributed by atoms with van der Waals surface area (Å²) in [5.41, 5.74) is 0.298. The van der Waals surface area contributed by atoms with Gasteiger partial charge in [0.05, 0.1) is 12.4 Å². The van der Waals surface area contributed by atoms with Gasteiger partial charge in [0.2, 0.25) is 0 Å². The first kappa shape index (κ1) is 14.1. The van der Waals surface area contributed by atoms with E-state index in [1.54, 1.807) is 12.4 Å². The van der Waals surface area contributed by atoms with Crippen molar-refractivity contribution in [2.75, 3.05) is 36.9 Å². The molecular formula is C14H24N4O. The second-order valence-electron chi connectivity index (χ2n) is 5.49.